The van der Waals surface area contributed by atoms with E-state index in [-0.39, 0.29) is 10.6 Å². The molecule has 6 heteroatoms. The smallest absolute Gasteiger partial charge is 0.300 e. The van der Waals surface area contributed by atoms with Crippen molar-refractivity contribution in [3.8, 4) is 0 Å². The van der Waals surface area contributed by atoms with E-state index in [0.29, 0.717) is 17.1 Å². The fourth-order valence-electron chi connectivity index (χ4n) is 2.49. The highest BCUT2D eigenvalue weighted by molar-refractivity contribution is 7.91. The molecule has 0 amide bonds. The number of fused-ring (bicyclic) bond motifs is 1. The number of oxazole rings is 1. The predicted molar refractivity (Wildman–Crippen MR) is 95.5 cm³/mol. The van der Waals surface area contributed by atoms with Crippen LogP contribution in [-0.2, 0) is 16.3 Å². The molecule has 2 aromatic carbocycles. The Morgan fingerprint density at radius 2 is 1.83 bits per heavy atom. The third kappa shape index (κ3) is 3.43. The lowest BCUT2D eigenvalue weighted by Gasteiger charge is -2.03. The number of aryl methyl sites for hydroxylation is 1. The van der Waals surface area contributed by atoms with Crippen molar-refractivity contribution in [2.75, 3.05) is 11.1 Å². The summed E-state index contributed by atoms with van der Waals surface area (Å²) in [6, 6.07) is 13.2. The SMILES string of the molecule is CCCc1ccc(Nc2nc3cc(S(=O)(=O)CC)ccc3o2)cc1. The molecule has 0 unspecified atom stereocenters. The van der Waals surface area contributed by atoms with Gasteiger partial charge in [0.2, 0.25) is 0 Å². The van der Waals surface area contributed by atoms with Gasteiger partial charge >= 0.3 is 0 Å². The van der Waals surface area contributed by atoms with Crippen molar-refractivity contribution in [3.63, 3.8) is 0 Å². The maximum absolute atomic E-state index is 12.0. The quantitative estimate of drug-likeness (QED) is 0.721. The Kier molecular flexibility index (Phi) is 4.57. The summed E-state index contributed by atoms with van der Waals surface area (Å²) in [7, 11) is -3.25. The van der Waals surface area contributed by atoms with Gasteiger partial charge in [0.25, 0.3) is 6.01 Å². The van der Waals surface area contributed by atoms with Gasteiger partial charge in [-0.3, -0.25) is 0 Å². The molecule has 126 valence electrons. The van der Waals surface area contributed by atoms with Gasteiger partial charge in [0, 0.05) is 5.69 Å². The number of aromatic nitrogens is 1. The summed E-state index contributed by atoms with van der Waals surface area (Å²) in [6.07, 6.45) is 2.17. The fraction of sp³-hybridized carbons (Fsp3) is 0.278. The Morgan fingerprint density at radius 1 is 1.08 bits per heavy atom. The third-order valence-electron chi connectivity index (χ3n) is 3.84. The summed E-state index contributed by atoms with van der Waals surface area (Å²) >= 11 is 0. The van der Waals surface area contributed by atoms with Crippen LogP contribution in [0.15, 0.2) is 51.8 Å². The molecule has 0 spiro atoms. The van der Waals surface area contributed by atoms with Crippen LogP contribution in [0.1, 0.15) is 25.8 Å². The molecule has 0 aliphatic rings. The molecule has 0 bridgehead atoms. The van der Waals surface area contributed by atoms with E-state index < -0.39 is 9.84 Å². The molecule has 0 radical (unpaired) electrons. The van der Waals surface area contributed by atoms with E-state index >= 15 is 0 Å². The number of rotatable bonds is 6. The van der Waals surface area contributed by atoms with Crippen LogP contribution in [0.5, 0.6) is 0 Å². The number of hydrogen-bond donors (Lipinski definition) is 1. The first-order chi connectivity index (χ1) is 11.5. The van der Waals surface area contributed by atoms with Gasteiger partial charge < -0.3 is 9.73 Å². The monoisotopic (exact) mass is 344 g/mol. The highest BCUT2D eigenvalue weighted by Crippen LogP contribution is 2.25. The van der Waals surface area contributed by atoms with Crippen LogP contribution in [0.25, 0.3) is 11.1 Å². The van der Waals surface area contributed by atoms with Crippen molar-refractivity contribution in [2.45, 2.75) is 31.6 Å². The Labute approximate surface area is 141 Å². The molecule has 1 heterocycles. The molecule has 3 aromatic rings. The zero-order valence-electron chi connectivity index (χ0n) is 13.7. The van der Waals surface area contributed by atoms with E-state index in [0.717, 1.165) is 18.5 Å². The highest BCUT2D eigenvalue weighted by atomic mass is 32.2. The van der Waals surface area contributed by atoms with Crippen LogP contribution in [-0.4, -0.2) is 19.2 Å². The van der Waals surface area contributed by atoms with Crippen LogP contribution in [0.2, 0.25) is 0 Å². The molecule has 1 aromatic heterocycles. The first-order valence-corrected chi connectivity index (χ1v) is 9.66. The van der Waals surface area contributed by atoms with Crippen LogP contribution in [0.4, 0.5) is 11.7 Å². The minimum atomic E-state index is -3.25. The van der Waals surface area contributed by atoms with Crippen LogP contribution in [0.3, 0.4) is 0 Å². The van der Waals surface area contributed by atoms with E-state index in [4.69, 9.17) is 4.42 Å². The summed E-state index contributed by atoms with van der Waals surface area (Å²) < 4.78 is 29.5. The van der Waals surface area contributed by atoms with Crippen molar-refractivity contribution < 1.29 is 12.8 Å². The van der Waals surface area contributed by atoms with E-state index in [1.165, 1.54) is 5.56 Å². The normalized spacial score (nSPS) is 11.8. The maximum atomic E-state index is 12.0. The van der Waals surface area contributed by atoms with Gasteiger partial charge in [0.1, 0.15) is 5.52 Å². The van der Waals surface area contributed by atoms with Crippen LogP contribution < -0.4 is 5.32 Å². The van der Waals surface area contributed by atoms with E-state index in [1.807, 2.05) is 12.1 Å². The molecule has 0 aliphatic heterocycles. The van der Waals surface area contributed by atoms with Gasteiger partial charge in [-0.05, 0) is 42.3 Å². The second-order valence-electron chi connectivity index (χ2n) is 5.62. The van der Waals surface area contributed by atoms with Crippen molar-refractivity contribution in [2.24, 2.45) is 0 Å². The molecule has 0 atom stereocenters. The minimum absolute atomic E-state index is 0.0611. The first kappa shape index (κ1) is 16.5. The number of anilines is 2. The molecule has 1 N–H and O–H groups in total. The average Bonchev–Trinajstić information content (AvgIpc) is 2.98. The zero-order valence-corrected chi connectivity index (χ0v) is 14.6. The summed E-state index contributed by atoms with van der Waals surface area (Å²) in [5.41, 5.74) is 3.24. The minimum Gasteiger partial charge on any atom is -0.423 e. The lowest BCUT2D eigenvalue weighted by molar-refractivity contribution is 0.597. The van der Waals surface area contributed by atoms with E-state index in [9.17, 15) is 8.42 Å². The largest absolute Gasteiger partial charge is 0.423 e. The van der Waals surface area contributed by atoms with Crippen molar-refractivity contribution >= 4 is 32.6 Å². The fourth-order valence-corrected chi connectivity index (χ4v) is 3.39. The van der Waals surface area contributed by atoms with Crippen molar-refractivity contribution in [1.82, 2.24) is 4.98 Å². The third-order valence-corrected chi connectivity index (χ3v) is 5.57. The van der Waals surface area contributed by atoms with E-state index in [1.54, 1.807) is 25.1 Å². The Hall–Kier alpha value is -2.34. The van der Waals surface area contributed by atoms with Crippen LogP contribution in [0, 0.1) is 0 Å². The number of nitrogens with zero attached hydrogens (tertiary/aromatic N) is 1. The average molecular weight is 344 g/mol. The molecule has 0 saturated heterocycles. The molecule has 5 nitrogen and oxygen atoms in total. The maximum Gasteiger partial charge on any atom is 0.300 e. The summed E-state index contributed by atoms with van der Waals surface area (Å²) in [5.74, 6) is 0.0611. The standard InChI is InChI=1S/C18H20N2O3S/c1-3-5-13-6-8-14(9-7-13)19-18-20-16-12-15(24(21,22)4-2)10-11-17(16)23-18/h6-12H,3-5H2,1-2H3,(H,19,20). The second-order valence-corrected chi connectivity index (χ2v) is 7.90. The zero-order chi connectivity index (χ0) is 17.2. The first-order valence-electron chi connectivity index (χ1n) is 8.01. The molecule has 3 rings (SSSR count). The van der Waals surface area contributed by atoms with Crippen molar-refractivity contribution in [1.29, 1.82) is 0 Å². The van der Waals surface area contributed by atoms with Crippen LogP contribution >= 0.6 is 0 Å². The number of hydrogen-bond acceptors (Lipinski definition) is 5. The van der Waals surface area contributed by atoms with Gasteiger partial charge in [-0.2, -0.15) is 4.98 Å². The van der Waals surface area contributed by atoms with Crippen molar-refractivity contribution in [3.05, 3.63) is 48.0 Å². The molecule has 0 aliphatic carbocycles. The second kappa shape index (κ2) is 6.65. The van der Waals surface area contributed by atoms with E-state index in [2.05, 4.69) is 29.4 Å². The number of benzene rings is 2. The molecular weight excluding hydrogens is 324 g/mol. The number of nitrogens with one attached hydrogen (secondary N) is 1. The summed E-state index contributed by atoms with van der Waals surface area (Å²) in [5, 5.41) is 3.11. The predicted octanol–water partition coefficient (Wildman–Crippen LogP) is 4.32. The van der Waals surface area contributed by atoms with Gasteiger partial charge in [-0.25, -0.2) is 8.42 Å². The lowest BCUT2D eigenvalue weighted by atomic mass is 10.1. The van der Waals surface area contributed by atoms with Gasteiger partial charge in [-0.15, -0.1) is 0 Å². The Morgan fingerprint density at radius 3 is 2.50 bits per heavy atom. The topological polar surface area (TPSA) is 72.2 Å². The van der Waals surface area contributed by atoms with Gasteiger partial charge in [0.15, 0.2) is 15.4 Å². The van der Waals surface area contributed by atoms with Gasteiger partial charge in [-0.1, -0.05) is 32.4 Å². The summed E-state index contributed by atoms with van der Waals surface area (Å²) in [4.78, 5) is 4.60. The lowest BCUT2D eigenvalue weighted by Crippen LogP contribution is -2.03. The molecule has 0 fully saturated rings. The highest BCUT2D eigenvalue weighted by Gasteiger charge is 2.14. The Balaban J connectivity index is 1.85. The molecule has 0 saturated carbocycles. The summed E-state index contributed by atoms with van der Waals surface area (Å²) in [6.45, 7) is 3.77. The van der Waals surface area contributed by atoms with Gasteiger partial charge in [0.05, 0.1) is 10.6 Å². The Bertz CT molecular complexity index is 944. The molecule has 24 heavy (non-hydrogen) atoms. The molecular formula is C18H20N2O3S. The number of sulfone groups is 1.